The molecule has 2 aromatic carbocycles. The summed E-state index contributed by atoms with van der Waals surface area (Å²) in [4.78, 5) is 0. The maximum Gasteiger partial charge on any atom is 0.169 e. The van der Waals surface area contributed by atoms with Crippen molar-refractivity contribution < 1.29 is 0 Å². The molecule has 0 bridgehead atoms. The van der Waals surface area contributed by atoms with Gasteiger partial charge in [0.05, 0.1) is 0 Å². The van der Waals surface area contributed by atoms with E-state index in [1.165, 1.54) is 10.6 Å². The Morgan fingerprint density at radius 1 is 0.611 bits per heavy atom. The highest BCUT2D eigenvalue weighted by Crippen LogP contribution is 2.29. The van der Waals surface area contributed by atoms with Gasteiger partial charge in [-0.1, -0.05) is 48.6 Å². The highest BCUT2D eigenvalue weighted by atomic mass is 31.1. The summed E-state index contributed by atoms with van der Waals surface area (Å²) < 4.78 is 0. The Labute approximate surface area is 109 Å². The van der Waals surface area contributed by atoms with Crippen molar-refractivity contribution in [1.82, 2.24) is 0 Å². The monoisotopic (exact) mass is 251 g/mol. The van der Waals surface area contributed by atoms with Crippen molar-refractivity contribution in [3.63, 3.8) is 0 Å². The fourth-order valence-electron chi connectivity index (χ4n) is 2.37. The smallest absolute Gasteiger partial charge is 0.0802 e. The Bertz CT molecular complexity index is 528. The van der Waals surface area contributed by atoms with E-state index in [1.807, 2.05) is 0 Å². The molecule has 0 fully saturated rings. The van der Waals surface area contributed by atoms with E-state index in [9.17, 15) is 0 Å². The second-order valence-corrected chi connectivity index (χ2v) is 6.79. The molecule has 0 spiro atoms. The van der Waals surface area contributed by atoms with Gasteiger partial charge in [-0.25, -0.2) is 0 Å². The summed E-state index contributed by atoms with van der Waals surface area (Å²) in [5.41, 5.74) is 0. The van der Waals surface area contributed by atoms with Crippen LogP contribution in [0.3, 0.4) is 0 Å². The third kappa shape index (κ3) is 2.30. The Morgan fingerprint density at radius 2 is 1.06 bits per heavy atom. The van der Waals surface area contributed by atoms with Crippen molar-refractivity contribution in [2.75, 3.05) is 0 Å². The molecule has 1 aliphatic rings. The molecule has 0 radical (unpaired) electrons. The predicted octanol–water partition coefficient (Wildman–Crippen LogP) is 3.64. The van der Waals surface area contributed by atoms with E-state index in [2.05, 4.69) is 72.8 Å². The van der Waals surface area contributed by atoms with Crippen LogP contribution in [0.25, 0.3) is 0 Å². The summed E-state index contributed by atoms with van der Waals surface area (Å²) in [7, 11) is -0.298. The lowest BCUT2D eigenvalue weighted by Crippen LogP contribution is -2.11. The molecule has 88 valence electrons. The molecule has 0 atom stereocenters. The first kappa shape index (κ1) is 11.4. The van der Waals surface area contributed by atoms with Gasteiger partial charge < -0.3 is 0 Å². The van der Waals surface area contributed by atoms with E-state index in [4.69, 9.17) is 0 Å². The molecule has 3 rings (SSSR count). The average Bonchev–Trinajstić information content (AvgIpc) is 2.95. The first-order valence-corrected chi connectivity index (χ1v) is 7.69. The van der Waals surface area contributed by atoms with Gasteiger partial charge in [-0.3, -0.25) is 0 Å². The fraction of sp³-hybridized carbons (Fsp3) is 0.118. The molecule has 0 aliphatic heterocycles. The zero-order valence-corrected chi connectivity index (χ0v) is 11.2. The minimum atomic E-state index is -0.298. The maximum absolute atomic E-state index is 2.30. The molecule has 0 amide bonds. The van der Waals surface area contributed by atoms with Gasteiger partial charge in [-0.05, 0) is 24.3 Å². The molecule has 0 unspecified atom stereocenters. The summed E-state index contributed by atoms with van der Waals surface area (Å²) in [5.74, 6) is 0. The van der Waals surface area contributed by atoms with E-state index in [0.717, 1.165) is 12.8 Å². The van der Waals surface area contributed by atoms with Gasteiger partial charge in [0.1, 0.15) is 5.29 Å². The van der Waals surface area contributed by atoms with Crippen LogP contribution in [-0.4, -0.2) is 5.29 Å². The van der Waals surface area contributed by atoms with Crippen LogP contribution >= 0.6 is 7.55 Å². The Balaban J connectivity index is 2.14. The van der Waals surface area contributed by atoms with Gasteiger partial charge in [-0.2, -0.15) is 0 Å². The largest absolute Gasteiger partial charge is 0.169 e. The molecule has 2 aromatic rings. The standard InChI is InChI=1S/C17H16P/c1-3-9-15(10-4-1)18(17-13-7-8-14-17)16-11-5-2-6-12-16/h1-12H,13-14H2/q+1. The van der Waals surface area contributed by atoms with Crippen LogP contribution in [0.15, 0.2) is 72.8 Å². The van der Waals surface area contributed by atoms with Crippen molar-refractivity contribution in [3.8, 4) is 0 Å². The zero-order chi connectivity index (χ0) is 12.2. The third-order valence-corrected chi connectivity index (χ3v) is 5.85. The quantitative estimate of drug-likeness (QED) is 0.564. The van der Waals surface area contributed by atoms with E-state index >= 15 is 0 Å². The Morgan fingerprint density at radius 3 is 1.50 bits per heavy atom. The molecule has 1 aliphatic carbocycles. The van der Waals surface area contributed by atoms with Crippen LogP contribution in [0, 0.1) is 0 Å². The van der Waals surface area contributed by atoms with Gasteiger partial charge in [0, 0.05) is 12.8 Å². The van der Waals surface area contributed by atoms with Crippen LogP contribution in [0.1, 0.15) is 12.8 Å². The van der Waals surface area contributed by atoms with Gasteiger partial charge in [0.15, 0.2) is 18.2 Å². The van der Waals surface area contributed by atoms with Gasteiger partial charge >= 0.3 is 0 Å². The molecule has 18 heavy (non-hydrogen) atoms. The zero-order valence-electron chi connectivity index (χ0n) is 10.3. The molecule has 1 heteroatoms. The molecule has 0 saturated carbocycles. The third-order valence-electron chi connectivity index (χ3n) is 3.22. The molecule has 0 saturated heterocycles. The van der Waals surface area contributed by atoms with Crippen LogP contribution in [0.4, 0.5) is 0 Å². The first-order valence-electron chi connectivity index (χ1n) is 6.35. The molecule has 0 nitrogen and oxygen atoms in total. The molecular formula is C17H16P+. The van der Waals surface area contributed by atoms with Gasteiger partial charge in [0.25, 0.3) is 0 Å². The first-order chi connectivity index (χ1) is 8.95. The second kappa shape index (κ2) is 5.33. The highest BCUT2D eigenvalue weighted by Gasteiger charge is 2.24. The van der Waals surface area contributed by atoms with E-state index < -0.39 is 0 Å². The molecule has 0 N–H and O–H groups in total. The highest BCUT2D eigenvalue weighted by molar-refractivity contribution is 7.73. The summed E-state index contributed by atoms with van der Waals surface area (Å²) in [6.45, 7) is 0. The molecular weight excluding hydrogens is 235 g/mol. The predicted molar refractivity (Wildman–Crippen MR) is 82.5 cm³/mol. The summed E-state index contributed by atoms with van der Waals surface area (Å²) >= 11 is 0. The molecule has 0 heterocycles. The van der Waals surface area contributed by atoms with Gasteiger partial charge in [0.2, 0.25) is 0 Å². The molecule has 0 aromatic heterocycles. The number of allylic oxidation sites excluding steroid dienone is 2. The maximum atomic E-state index is 2.30. The topological polar surface area (TPSA) is 0 Å². The lowest BCUT2D eigenvalue weighted by atomic mass is 10.3. The Hall–Kier alpha value is -1.65. The number of rotatable bonds is 2. The average molecular weight is 251 g/mol. The van der Waals surface area contributed by atoms with Crippen molar-refractivity contribution in [2.24, 2.45) is 0 Å². The Kier molecular flexibility index (Phi) is 3.39. The fourth-order valence-corrected chi connectivity index (χ4v) is 4.92. The van der Waals surface area contributed by atoms with E-state index in [1.54, 1.807) is 5.29 Å². The number of hydrogen-bond acceptors (Lipinski definition) is 0. The van der Waals surface area contributed by atoms with Crippen molar-refractivity contribution in [3.05, 3.63) is 72.8 Å². The van der Waals surface area contributed by atoms with E-state index in [0.29, 0.717) is 0 Å². The second-order valence-electron chi connectivity index (χ2n) is 4.45. The summed E-state index contributed by atoms with van der Waals surface area (Å²) in [5, 5.41) is 4.61. The normalized spacial score (nSPS) is 13.9. The lowest BCUT2D eigenvalue weighted by Gasteiger charge is -2.00. The van der Waals surface area contributed by atoms with Crippen LogP contribution in [0.5, 0.6) is 0 Å². The minimum Gasteiger partial charge on any atom is -0.0802 e. The van der Waals surface area contributed by atoms with Crippen LogP contribution in [0.2, 0.25) is 0 Å². The van der Waals surface area contributed by atoms with Gasteiger partial charge in [-0.15, -0.1) is 0 Å². The van der Waals surface area contributed by atoms with Crippen molar-refractivity contribution in [2.45, 2.75) is 12.8 Å². The minimum absolute atomic E-state index is 0.298. The SMILES string of the molecule is C1=CCC(=[P+](c2ccccc2)c2ccccc2)C1. The van der Waals surface area contributed by atoms with Crippen molar-refractivity contribution in [1.29, 1.82) is 0 Å². The van der Waals surface area contributed by atoms with E-state index in [-0.39, 0.29) is 7.55 Å². The number of hydrogen-bond donors (Lipinski definition) is 0. The summed E-state index contributed by atoms with van der Waals surface area (Å²) in [6, 6.07) is 21.9. The van der Waals surface area contributed by atoms with Crippen molar-refractivity contribution >= 4 is 23.4 Å². The summed E-state index contributed by atoms with van der Waals surface area (Å²) in [6.07, 6.45) is 6.90. The van der Waals surface area contributed by atoms with Crippen LogP contribution in [-0.2, 0) is 0 Å². The lowest BCUT2D eigenvalue weighted by molar-refractivity contribution is 1.53. The number of benzene rings is 2. The van der Waals surface area contributed by atoms with Crippen LogP contribution < -0.4 is 10.6 Å².